The van der Waals surface area contributed by atoms with Gasteiger partial charge >= 0.3 is 5.97 Å². The SMILES string of the molecule is Cc1c(-c2cc(F)c(F)cc2C[C@@H]2O[C@H](CF)C[C@H](O)[C@H]2OC(=O)[C@H](N)CC(C)C)c2c(c3c1[nH]c1cc(F)c(F)cc13)C(=O)NC2=O. The number of carbonyl (C=O) groups is 3. The number of aryl methyl sites for hydroxylation is 1. The van der Waals surface area contributed by atoms with Crippen LogP contribution in [-0.2, 0) is 20.7 Å². The van der Waals surface area contributed by atoms with Crippen LogP contribution in [0, 0.1) is 36.1 Å². The first-order valence-electron chi connectivity index (χ1n) is 15.4. The Bertz CT molecular complexity index is 2000. The lowest BCUT2D eigenvalue weighted by atomic mass is 9.84. The predicted octanol–water partition coefficient (Wildman–Crippen LogP) is 5.05. The highest BCUT2D eigenvalue weighted by Gasteiger charge is 2.42. The molecule has 6 rings (SSSR count). The molecule has 14 heteroatoms. The number of nitrogens with one attached hydrogen (secondary N) is 2. The lowest BCUT2D eigenvalue weighted by Gasteiger charge is -2.39. The van der Waals surface area contributed by atoms with Crippen LogP contribution in [0.1, 0.15) is 58.5 Å². The van der Waals surface area contributed by atoms with Gasteiger partial charge in [0, 0.05) is 40.8 Å². The van der Waals surface area contributed by atoms with Gasteiger partial charge in [0.1, 0.15) is 18.8 Å². The zero-order chi connectivity index (χ0) is 34.8. The van der Waals surface area contributed by atoms with Crippen LogP contribution in [0.2, 0.25) is 0 Å². The molecular weight excluding hydrogens is 641 g/mol. The first kappa shape index (κ1) is 33.5. The van der Waals surface area contributed by atoms with E-state index in [1.807, 2.05) is 13.8 Å². The number of carbonyl (C=O) groups excluding carboxylic acids is 3. The summed E-state index contributed by atoms with van der Waals surface area (Å²) in [6, 6.07) is 2.41. The second-order valence-electron chi connectivity index (χ2n) is 12.7. The van der Waals surface area contributed by atoms with E-state index in [1.54, 1.807) is 0 Å². The number of aliphatic hydroxyl groups is 1. The van der Waals surface area contributed by atoms with Gasteiger partial charge in [-0.15, -0.1) is 0 Å². The van der Waals surface area contributed by atoms with Crippen LogP contribution in [0.25, 0.3) is 32.9 Å². The fourth-order valence-electron chi connectivity index (χ4n) is 6.79. The van der Waals surface area contributed by atoms with Gasteiger partial charge in [0.05, 0.1) is 28.9 Å². The number of hydrogen-bond acceptors (Lipinski definition) is 7. The Balaban J connectivity index is 1.52. The van der Waals surface area contributed by atoms with Crippen molar-refractivity contribution in [3.8, 4) is 11.1 Å². The van der Waals surface area contributed by atoms with Gasteiger partial charge in [-0.25, -0.2) is 22.0 Å². The minimum absolute atomic E-state index is 0.00290. The van der Waals surface area contributed by atoms with Crippen LogP contribution < -0.4 is 11.1 Å². The number of aliphatic hydroxyl groups excluding tert-OH is 1. The number of H-pyrrole nitrogens is 1. The standard InChI is InChI=1S/C34H32F5N3O6/c1-12(2)4-22(40)34(46)48-31-24(43)7-15(11-35)47-25(31)6-14-5-18(36)19(37)8-16(14)26-13(3)30-27(29-28(26)32(44)42-33(29)45)17-9-20(38)21(39)10-23(17)41-30/h5,8-10,12,15,22,24-25,31,41,43H,4,6-7,11,40H2,1-3H3,(H,42,44,45)/t15-,22+,24-,25-,31+/m0/s1. The summed E-state index contributed by atoms with van der Waals surface area (Å²) in [6.45, 7) is 4.23. The molecule has 0 radical (unpaired) electrons. The van der Waals surface area contributed by atoms with Crippen molar-refractivity contribution in [3.63, 3.8) is 0 Å². The number of fused-ring (bicyclic) bond motifs is 5. The highest BCUT2D eigenvalue weighted by atomic mass is 19.2. The van der Waals surface area contributed by atoms with Crippen LogP contribution in [0.3, 0.4) is 0 Å². The molecule has 1 fully saturated rings. The maximum absolute atomic E-state index is 15.0. The minimum atomic E-state index is -1.40. The van der Waals surface area contributed by atoms with Gasteiger partial charge in [0.2, 0.25) is 0 Å². The molecule has 0 aliphatic carbocycles. The van der Waals surface area contributed by atoms with E-state index in [1.165, 1.54) is 6.92 Å². The van der Waals surface area contributed by atoms with Crippen LogP contribution >= 0.6 is 0 Å². The van der Waals surface area contributed by atoms with Crippen LogP contribution in [0.5, 0.6) is 0 Å². The van der Waals surface area contributed by atoms with Crippen LogP contribution in [0.4, 0.5) is 22.0 Å². The third kappa shape index (κ3) is 5.71. The summed E-state index contributed by atoms with van der Waals surface area (Å²) in [4.78, 5) is 42.3. The molecule has 0 saturated carbocycles. The third-order valence-electron chi connectivity index (χ3n) is 8.93. The number of rotatable bonds is 8. The quantitative estimate of drug-likeness (QED) is 0.116. The Kier molecular flexibility index (Phi) is 8.77. The molecule has 2 amide bonds. The summed E-state index contributed by atoms with van der Waals surface area (Å²) >= 11 is 0. The molecule has 3 heterocycles. The molecule has 1 saturated heterocycles. The molecule has 0 spiro atoms. The largest absolute Gasteiger partial charge is 0.456 e. The number of alkyl halides is 1. The number of benzene rings is 3. The summed E-state index contributed by atoms with van der Waals surface area (Å²) < 4.78 is 83.8. The van der Waals surface area contributed by atoms with Crippen molar-refractivity contribution in [2.45, 2.75) is 70.5 Å². The Labute approximate surface area is 270 Å². The Morgan fingerprint density at radius 2 is 1.67 bits per heavy atom. The number of halogens is 5. The van der Waals surface area contributed by atoms with Crippen molar-refractivity contribution in [3.05, 3.63) is 69.8 Å². The maximum atomic E-state index is 15.0. The van der Waals surface area contributed by atoms with E-state index in [0.717, 1.165) is 24.3 Å². The lowest BCUT2D eigenvalue weighted by molar-refractivity contribution is -0.199. The van der Waals surface area contributed by atoms with Crippen molar-refractivity contribution >= 4 is 39.6 Å². The molecular formula is C34H32F5N3O6. The Hall–Kier alpha value is -4.40. The molecule has 1 aromatic heterocycles. The Morgan fingerprint density at radius 1 is 1.02 bits per heavy atom. The maximum Gasteiger partial charge on any atom is 0.323 e. The van der Waals surface area contributed by atoms with Crippen molar-refractivity contribution in [2.24, 2.45) is 11.7 Å². The summed E-state index contributed by atoms with van der Waals surface area (Å²) in [6.07, 6.45) is -5.49. The van der Waals surface area contributed by atoms with E-state index >= 15 is 4.39 Å². The number of nitrogens with two attached hydrogens (primary N) is 1. The molecule has 2 aliphatic rings. The van der Waals surface area contributed by atoms with Gasteiger partial charge in [-0.1, -0.05) is 13.8 Å². The number of ether oxygens (including phenoxy) is 2. The first-order valence-corrected chi connectivity index (χ1v) is 15.4. The topological polar surface area (TPSA) is 144 Å². The van der Waals surface area contributed by atoms with E-state index in [4.69, 9.17) is 15.2 Å². The lowest BCUT2D eigenvalue weighted by Crippen LogP contribution is -2.53. The van der Waals surface area contributed by atoms with E-state index in [9.17, 15) is 37.1 Å². The fraction of sp³-hybridized carbons (Fsp3) is 0.382. The van der Waals surface area contributed by atoms with E-state index in [-0.39, 0.29) is 80.4 Å². The van der Waals surface area contributed by atoms with Gasteiger partial charge in [0.25, 0.3) is 11.8 Å². The molecule has 0 unspecified atom stereocenters. The molecule has 0 bridgehead atoms. The van der Waals surface area contributed by atoms with Crippen molar-refractivity contribution in [2.75, 3.05) is 6.67 Å². The predicted molar refractivity (Wildman–Crippen MR) is 164 cm³/mol. The number of hydrogen-bond donors (Lipinski definition) is 4. The van der Waals surface area contributed by atoms with E-state index in [2.05, 4.69) is 10.3 Å². The second-order valence-corrected chi connectivity index (χ2v) is 12.7. The molecule has 48 heavy (non-hydrogen) atoms. The highest BCUT2D eigenvalue weighted by molar-refractivity contribution is 6.33. The number of amides is 2. The van der Waals surface area contributed by atoms with Crippen molar-refractivity contribution < 1.29 is 50.9 Å². The van der Waals surface area contributed by atoms with Crippen molar-refractivity contribution in [1.82, 2.24) is 10.3 Å². The molecule has 9 nitrogen and oxygen atoms in total. The summed E-state index contributed by atoms with van der Waals surface area (Å²) in [5, 5.41) is 13.4. The van der Waals surface area contributed by atoms with E-state index < -0.39 is 78.2 Å². The summed E-state index contributed by atoms with van der Waals surface area (Å²) in [7, 11) is 0. The number of aromatic nitrogens is 1. The molecule has 5 N–H and O–H groups in total. The molecule has 4 aromatic rings. The zero-order valence-corrected chi connectivity index (χ0v) is 26.1. The van der Waals surface area contributed by atoms with Gasteiger partial charge < -0.3 is 25.3 Å². The average molecular weight is 674 g/mol. The molecule has 5 atom stereocenters. The second kappa shape index (κ2) is 12.6. The number of imide groups is 1. The van der Waals surface area contributed by atoms with Crippen molar-refractivity contribution in [1.29, 1.82) is 0 Å². The van der Waals surface area contributed by atoms with Crippen LogP contribution in [0.15, 0.2) is 24.3 Å². The van der Waals surface area contributed by atoms with Gasteiger partial charge in [-0.05, 0) is 54.2 Å². The van der Waals surface area contributed by atoms with E-state index in [0.29, 0.717) is 0 Å². The zero-order valence-electron chi connectivity index (χ0n) is 26.1. The minimum Gasteiger partial charge on any atom is -0.456 e. The monoisotopic (exact) mass is 673 g/mol. The fourth-order valence-corrected chi connectivity index (χ4v) is 6.79. The van der Waals surface area contributed by atoms with Gasteiger partial charge in [-0.3, -0.25) is 19.7 Å². The summed E-state index contributed by atoms with van der Waals surface area (Å²) in [5.74, 6) is -7.44. The first-order chi connectivity index (χ1) is 22.7. The number of aromatic amines is 1. The third-order valence-corrected chi connectivity index (χ3v) is 8.93. The molecule has 3 aromatic carbocycles. The summed E-state index contributed by atoms with van der Waals surface area (Å²) in [5.41, 5.74) is 6.12. The Morgan fingerprint density at radius 3 is 2.35 bits per heavy atom. The molecule has 254 valence electrons. The van der Waals surface area contributed by atoms with Gasteiger partial charge in [0.15, 0.2) is 29.4 Å². The van der Waals surface area contributed by atoms with Crippen LogP contribution in [-0.4, -0.2) is 65.0 Å². The normalized spacial score (nSPS) is 21.6. The highest BCUT2D eigenvalue weighted by Crippen LogP contribution is 2.44. The molecule has 2 aliphatic heterocycles. The average Bonchev–Trinajstić information content (AvgIpc) is 3.52. The van der Waals surface area contributed by atoms with Gasteiger partial charge in [-0.2, -0.15) is 0 Å². The number of esters is 1. The smallest absolute Gasteiger partial charge is 0.323 e.